The van der Waals surface area contributed by atoms with E-state index in [1.807, 2.05) is 24.3 Å². The summed E-state index contributed by atoms with van der Waals surface area (Å²) >= 11 is 3.39. The summed E-state index contributed by atoms with van der Waals surface area (Å²) in [5.74, 6) is 0.299. The van der Waals surface area contributed by atoms with Crippen molar-refractivity contribution in [1.82, 2.24) is 0 Å². The zero-order chi connectivity index (χ0) is 12.5. The molecule has 2 rings (SSSR count). The molecule has 0 radical (unpaired) electrons. The average Bonchev–Trinajstić information content (AvgIpc) is 2.16. The van der Waals surface area contributed by atoms with E-state index in [0.29, 0.717) is 5.92 Å². The topological polar surface area (TPSA) is 46.6 Å². The minimum Gasteiger partial charge on any atom is -0.371 e. The van der Waals surface area contributed by atoms with Crippen molar-refractivity contribution in [3.05, 3.63) is 28.7 Å². The second kappa shape index (κ2) is 4.96. The van der Waals surface area contributed by atoms with Crippen molar-refractivity contribution in [2.45, 2.75) is 0 Å². The number of halogens is 1. The summed E-state index contributed by atoms with van der Waals surface area (Å²) in [7, 11) is -3.31. The van der Waals surface area contributed by atoms with Gasteiger partial charge in [-0.2, -0.15) is 8.42 Å². The largest absolute Gasteiger partial charge is 0.371 e. The van der Waals surface area contributed by atoms with Crippen molar-refractivity contribution in [3.8, 4) is 0 Å². The molecular formula is C11H14BrNO3S. The number of hydrogen-bond acceptors (Lipinski definition) is 4. The Morgan fingerprint density at radius 2 is 1.94 bits per heavy atom. The molecule has 6 heteroatoms. The summed E-state index contributed by atoms with van der Waals surface area (Å²) < 4.78 is 27.5. The number of rotatable bonds is 4. The molecule has 17 heavy (non-hydrogen) atoms. The molecule has 94 valence electrons. The summed E-state index contributed by atoms with van der Waals surface area (Å²) in [6.45, 7) is 1.97. The molecule has 0 bridgehead atoms. The molecule has 0 aromatic heterocycles. The van der Waals surface area contributed by atoms with Crippen molar-refractivity contribution in [3.63, 3.8) is 0 Å². The third-order valence-corrected chi connectivity index (χ3v) is 3.76. The SMILES string of the molecule is CS(=O)(=O)OCC1CN(c2ccc(Br)cc2)C1. The Hall–Kier alpha value is -0.590. The van der Waals surface area contributed by atoms with Crippen LogP contribution in [0.5, 0.6) is 0 Å². The van der Waals surface area contributed by atoms with Gasteiger partial charge in [-0.05, 0) is 24.3 Å². The molecule has 0 saturated carbocycles. The van der Waals surface area contributed by atoms with E-state index in [1.54, 1.807) is 0 Å². The molecule has 0 unspecified atom stereocenters. The molecule has 0 aliphatic carbocycles. The molecule has 0 spiro atoms. The van der Waals surface area contributed by atoms with Crippen LogP contribution in [0.2, 0.25) is 0 Å². The van der Waals surface area contributed by atoms with Gasteiger partial charge in [0.25, 0.3) is 10.1 Å². The van der Waals surface area contributed by atoms with Gasteiger partial charge < -0.3 is 4.90 Å². The van der Waals surface area contributed by atoms with E-state index in [2.05, 4.69) is 20.8 Å². The summed E-state index contributed by atoms with van der Waals surface area (Å²) in [6.07, 6.45) is 1.08. The van der Waals surface area contributed by atoms with Gasteiger partial charge in [-0.25, -0.2) is 0 Å². The lowest BCUT2D eigenvalue weighted by Gasteiger charge is -2.40. The molecule has 4 nitrogen and oxygen atoms in total. The highest BCUT2D eigenvalue weighted by atomic mass is 79.9. The van der Waals surface area contributed by atoms with E-state index in [9.17, 15) is 8.42 Å². The van der Waals surface area contributed by atoms with Gasteiger partial charge in [-0.1, -0.05) is 15.9 Å². The lowest BCUT2D eigenvalue weighted by Crippen LogP contribution is -2.49. The van der Waals surface area contributed by atoms with Crippen LogP contribution in [-0.2, 0) is 14.3 Å². The first-order valence-electron chi connectivity index (χ1n) is 5.29. The number of hydrogen-bond donors (Lipinski definition) is 0. The quantitative estimate of drug-likeness (QED) is 0.795. The van der Waals surface area contributed by atoms with Crippen molar-refractivity contribution in [2.75, 3.05) is 30.9 Å². The second-order valence-electron chi connectivity index (χ2n) is 4.24. The third kappa shape index (κ3) is 3.69. The van der Waals surface area contributed by atoms with Crippen molar-refractivity contribution < 1.29 is 12.6 Å². The van der Waals surface area contributed by atoms with Crippen molar-refractivity contribution in [1.29, 1.82) is 0 Å². The van der Waals surface area contributed by atoms with E-state index in [-0.39, 0.29) is 6.61 Å². The molecule has 1 heterocycles. The first-order valence-corrected chi connectivity index (χ1v) is 7.90. The zero-order valence-electron chi connectivity index (χ0n) is 9.47. The van der Waals surface area contributed by atoms with Crippen LogP contribution in [0.3, 0.4) is 0 Å². The third-order valence-electron chi connectivity index (χ3n) is 2.67. The van der Waals surface area contributed by atoms with Crippen LogP contribution in [0, 0.1) is 5.92 Å². The Morgan fingerprint density at radius 1 is 1.35 bits per heavy atom. The van der Waals surface area contributed by atoms with Crippen molar-refractivity contribution >= 4 is 31.7 Å². The maximum absolute atomic E-state index is 10.8. The predicted octanol–water partition coefficient (Wildman–Crippen LogP) is 1.86. The molecular weight excluding hydrogens is 306 g/mol. The lowest BCUT2D eigenvalue weighted by molar-refractivity contribution is 0.228. The Kier molecular flexibility index (Phi) is 3.75. The summed E-state index contributed by atoms with van der Waals surface area (Å²) in [5, 5.41) is 0. The number of benzene rings is 1. The van der Waals surface area contributed by atoms with Gasteiger partial charge in [-0.15, -0.1) is 0 Å². The monoisotopic (exact) mass is 319 g/mol. The predicted molar refractivity (Wildman–Crippen MR) is 70.6 cm³/mol. The van der Waals surface area contributed by atoms with E-state index in [4.69, 9.17) is 4.18 Å². The first kappa shape index (κ1) is 12.9. The smallest absolute Gasteiger partial charge is 0.264 e. The fourth-order valence-corrected chi connectivity index (χ4v) is 2.46. The van der Waals surface area contributed by atoms with Crippen LogP contribution in [0.25, 0.3) is 0 Å². The van der Waals surface area contributed by atoms with Crippen LogP contribution in [0.1, 0.15) is 0 Å². The maximum atomic E-state index is 10.8. The number of anilines is 1. The van der Waals surface area contributed by atoms with Gasteiger partial charge in [0.1, 0.15) is 0 Å². The standard InChI is InChI=1S/C11H14BrNO3S/c1-17(14,15)16-8-9-6-13(7-9)11-4-2-10(12)3-5-11/h2-5,9H,6-8H2,1H3. The molecule has 0 N–H and O–H groups in total. The van der Waals surface area contributed by atoms with Crippen LogP contribution in [-0.4, -0.2) is 34.4 Å². The Labute approximate surface area is 110 Å². The van der Waals surface area contributed by atoms with Crippen LogP contribution < -0.4 is 4.90 Å². The van der Waals surface area contributed by atoms with Crippen LogP contribution in [0.4, 0.5) is 5.69 Å². The molecule has 1 aliphatic rings. The minimum atomic E-state index is -3.31. The number of nitrogens with zero attached hydrogens (tertiary/aromatic N) is 1. The molecule has 0 amide bonds. The average molecular weight is 320 g/mol. The molecule has 1 aromatic carbocycles. The molecule has 0 atom stereocenters. The lowest BCUT2D eigenvalue weighted by atomic mass is 10.0. The van der Waals surface area contributed by atoms with Crippen molar-refractivity contribution in [2.24, 2.45) is 5.92 Å². The van der Waals surface area contributed by atoms with E-state index in [0.717, 1.165) is 29.5 Å². The molecule has 1 saturated heterocycles. The van der Waals surface area contributed by atoms with Crippen LogP contribution in [0.15, 0.2) is 28.7 Å². The Morgan fingerprint density at radius 3 is 2.47 bits per heavy atom. The van der Waals surface area contributed by atoms with Gasteiger partial charge in [0.15, 0.2) is 0 Å². The Bertz CT molecular complexity index is 480. The zero-order valence-corrected chi connectivity index (χ0v) is 11.9. The molecule has 1 aromatic rings. The van der Waals surface area contributed by atoms with Gasteiger partial charge in [0, 0.05) is 29.2 Å². The Balaban J connectivity index is 1.81. The summed E-state index contributed by atoms with van der Waals surface area (Å²) in [6, 6.07) is 8.07. The molecule has 1 fully saturated rings. The maximum Gasteiger partial charge on any atom is 0.264 e. The van der Waals surface area contributed by atoms with Gasteiger partial charge in [0.2, 0.25) is 0 Å². The van der Waals surface area contributed by atoms with Gasteiger partial charge in [-0.3, -0.25) is 4.18 Å². The highest BCUT2D eigenvalue weighted by Gasteiger charge is 2.27. The fourth-order valence-electron chi connectivity index (χ4n) is 1.76. The van der Waals surface area contributed by atoms with Gasteiger partial charge in [0.05, 0.1) is 12.9 Å². The van der Waals surface area contributed by atoms with E-state index in [1.165, 1.54) is 0 Å². The molecule has 1 aliphatic heterocycles. The van der Waals surface area contributed by atoms with E-state index >= 15 is 0 Å². The summed E-state index contributed by atoms with van der Waals surface area (Å²) in [4.78, 5) is 2.20. The highest BCUT2D eigenvalue weighted by Crippen LogP contribution is 2.26. The normalized spacial score (nSPS) is 16.9. The van der Waals surface area contributed by atoms with E-state index < -0.39 is 10.1 Å². The highest BCUT2D eigenvalue weighted by molar-refractivity contribution is 9.10. The summed E-state index contributed by atoms with van der Waals surface area (Å²) in [5.41, 5.74) is 1.16. The van der Waals surface area contributed by atoms with Gasteiger partial charge >= 0.3 is 0 Å². The minimum absolute atomic E-state index is 0.284. The first-order chi connectivity index (χ1) is 7.94. The van der Waals surface area contributed by atoms with Crippen LogP contribution >= 0.6 is 15.9 Å². The second-order valence-corrected chi connectivity index (χ2v) is 6.80. The fraction of sp³-hybridized carbons (Fsp3) is 0.455.